The van der Waals surface area contributed by atoms with Crippen LogP contribution in [0.5, 0.6) is 0 Å². The number of rotatable bonds is 5. The second-order valence-electron chi connectivity index (χ2n) is 8.18. The Balaban J connectivity index is 1.56. The predicted molar refractivity (Wildman–Crippen MR) is 137 cm³/mol. The quantitative estimate of drug-likeness (QED) is 0.440. The lowest BCUT2D eigenvalue weighted by molar-refractivity contribution is -0.127. The lowest BCUT2D eigenvalue weighted by atomic mass is 10.1. The van der Waals surface area contributed by atoms with E-state index in [-0.39, 0.29) is 11.4 Å². The fourth-order valence-corrected chi connectivity index (χ4v) is 4.97. The van der Waals surface area contributed by atoms with Crippen molar-refractivity contribution in [3.63, 3.8) is 0 Å². The first-order chi connectivity index (χ1) is 16.2. The third-order valence-electron chi connectivity index (χ3n) is 5.90. The van der Waals surface area contributed by atoms with Crippen LogP contribution in [0, 0.1) is 27.7 Å². The van der Waals surface area contributed by atoms with Gasteiger partial charge in [-0.3, -0.25) is 19.3 Å². The number of carbonyl (C=O) groups is 3. The van der Waals surface area contributed by atoms with Crippen molar-refractivity contribution in [2.75, 3.05) is 11.9 Å². The van der Waals surface area contributed by atoms with Gasteiger partial charge in [0, 0.05) is 17.1 Å². The maximum atomic E-state index is 13.0. The first kappa shape index (κ1) is 23.9. The largest absolute Gasteiger partial charge is 0.323 e. The number of anilines is 1. The standard InChI is InChI=1S/C26H24ClN3O3S/c1-15-8-7-11-22(17(15)3)30-16(2)12-19(18(30)4)13-23-25(32)29(26(33)34-23)14-24(31)28-21-10-6-5-9-20(21)27/h5-13H,14H2,1-4H3,(H,28,31)/b23-13+. The van der Waals surface area contributed by atoms with Crippen molar-refractivity contribution in [1.29, 1.82) is 0 Å². The van der Waals surface area contributed by atoms with E-state index in [1.807, 2.05) is 26.0 Å². The van der Waals surface area contributed by atoms with Gasteiger partial charge in [0.1, 0.15) is 6.54 Å². The lowest BCUT2D eigenvalue weighted by Gasteiger charge is -2.14. The number of aryl methyl sites for hydroxylation is 2. The number of hydrogen-bond acceptors (Lipinski definition) is 4. The highest BCUT2D eigenvalue weighted by Crippen LogP contribution is 2.34. The van der Waals surface area contributed by atoms with Crippen molar-refractivity contribution in [2.45, 2.75) is 27.7 Å². The van der Waals surface area contributed by atoms with Gasteiger partial charge in [-0.05, 0) is 86.5 Å². The lowest BCUT2D eigenvalue weighted by Crippen LogP contribution is -2.36. The van der Waals surface area contributed by atoms with E-state index in [4.69, 9.17) is 11.6 Å². The molecule has 3 aromatic rings. The van der Waals surface area contributed by atoms with E-state index in [1.54, 1.807) is 30.3 Å². The fourth-order valence-electron chi connectivity index (χ4n) is 3.96. The molecular formula is C26H24ClN3O3S. The van der Waals surface area contributed by atoms with Gasteiger partial charge in [-0.15, -0.1) is 0 Å². The highest BCUT2D eigenvalue weighted by atomic mass is 35.5. The fraction of sp³-hybridized carbons (Fsp3) is 0.192. The third kappa shape index (κ3) is 4.54. The number of carbonyl (C=O) groups excluding carboxylic acids is 3. The molecule has 174 valence electrons. The molecule has 3 amide bonds. The molecule has 1 fully saturated rings. The summed E-state index contributed by atoms with van der Waals surface area (Å²) in [5.74, 6) is -0.981. The van der Waals surface area contributed by atoms with Gasteiger partial charge < -0.3 is 9.88 Å². The summed E-state index contributed by atoms with van der Waals surface area (Å²) < 4.78 is 2.15. The summed E-state index contributed by atoms with van der Waals surface area (Å²) in [6.45, 7) is 7.78. The summed E-state index contributed by atoms with van der Waals surface area (Å²) in [4.78, 5) is 39.2. The summed E-state index contributed by atoms with van der Waals surface area (Å²) in [6.07, 6.45) is 1.72. The van der Waals surface area contributed by atoms with E-state index in [9.17, 15) is 14.4 Å². The summed E-state index contributed by atoms with van der Waals surface area (Å²) in [5.41, 5.74) is 6.73. The second kappa shape index (κ2) is 9.52. The molecule has 2 aromatic carbocycles. The van der Waals surface area contributed by atoms with Gasteiger partial charge in [0.15, 0.2) is 0 Å². The number of aromatic nitrogens is 1. The second-order valence-corrected chi connectivity index (χ2v) is 9.58. The number of hydrogen-bond donors (Lipinski definition) is 1. The topological polar surface area (TPSA) is 71.4 Å². The molecule has 0 aliphatic carbocycles. The molecule has 1 aliphatic heterocycles. The number of benzene rings is 2. The van der Waals surface area contributed by atoms with E-state index in [0.717, 1.165) is 39.3 Å². The van der Waals surface area contributed by atoms with Crippen LogP contribution in [0.25, 0.3) is 11.8 Å². The van der Waals surface area contributed by atoms with E-state index in [0.29, 0.717) is 10.7 Å². The Labute approximate surface area is 207 Å². The molecule has 0 unspecified atom stereocenters. The third-order valence-corrected chi connectivity index (χ3v) is 7.13. The van der Waals surface area contributed by atoms with Crippen molar-refractivity contribution < 1.29 is 14.4 Å². The highest BCUT2D eigenvalue weighted by Gasteiger charge is 2.36. The minimum Gasteiger partial charge on any atom is -0.323 e. The molecule has 1 N–H and O–H groups in total. The normalized spacial score (nSPS) is 14.9. The highest BCUT2D eigenvalue weighted by molar-refractivity contribution is 8.18. The Morgan fingerprint density at radius 3 is 2.53 bits per heavy atom. The minimum atomic E-state index is -0.496. The number of halogens is 1. The minimum absolute atomic E-state index is 0.289. The predicted octanol–water partition coefficient (Wildman–Crippen LogP) is 6.04. The average Bonchev–Trinajstić information content (AvgIpc) is 3.21. The molecule has 8 heteroatoms. The van der Waals surface area contributed by atoms with E-state index >= 15 is 0 Å². The van der Waals surface area contributed by atoms with Crippen molar-refractivity contribution >= 4 is 52.2 Å². The number of thioether (sulfide) groups is 1. The molecule has 0 atom stereocenters. The maximum absolute atomic E-state index is 13.0. The van der Waals surface area contributed by atoms with Crippen molar-refractivity contribution in [3.8, 4) is 5.69 Å². The summed E-state index contributed by atoms with van der Waals surface area (Å²) in [6, 6.07) is 14.9. The van der Waals surface area contributed by atoms with Crippen LogP contribution in [0.2, 0.25) is 5.02 Å². The number of imide groups is 1. The van der Waals surface area contributed by atoms with Crippen LogP contribution < -0.4 is 5.32 Å². The number of para-hydroxylation sites is 1. The molecule has 0 bridgehead atoms. The molecular weight excluding hydrogens is 470 g/mol. The zero-order chi connectivity index (χ0) is 24.6. The molecule has 0 saturated carbocycles. The van der Waals surface area contributed by atoms with Crippen molar-refractivity contribution in [1.82, 2.24) is 9.47 Å². The Hall–Kier alpha value is -3.29. The summed E-state index contributed by atoms with van der Waals surface area (Å²) in [7, 11) is 0. The molecule has 2 heterocycles. The number of nitrogens with zero attached hydrogens (tertiary/aromatic N) is 2. The zero-order valence-corrected chi connectivity index (χ0v) is 20.9. The average molecular weight is 494 g/mol. The zero-order valence-electron chi connectivity index (χ0n) is 19.3. The molecule has 0 radical (unpaired) electrons. The number of amides is 3. The van der Waals surface area contributed by atoms with Crippen LogP contribution in [0.1, 0.15) is 28.1 Å². The first-order valence-electron chi connectivity index (χ1n) is 10.7. The van der Waals surface area contributed by atoms with Crippen molar-refractivity contribution in [3.05, 3.63) is 86.5 Å². The van der Waals surface area contributed by atoms with Gasteiger partial charge >= 0.3 is 0 Å². The number of nitrogens with one attached hydrogen (secondary N) is 1. The van der Waals surface area contributed by atoms with Crippen LogP contribution in [0.15, 0.2) is 53.4 Å². The van der Waals surface area contributed by atoms with Crippen molar-refractivity contribution in [2.24, 2.45) is 0 Å². The smallest absolute Gasteiger partial charge is 0.294 e. The molecule has 1 aliphatic rings. The van der Waals surface area contributed by atoms with Gasteiger partial charge in [-0.2, -0.15) is 0 Å². The van der Waals surface area contributed by atoms with Crippen LogP contribution in [0.3, 0.4) is 0 Å². The van der Waals surface area contributed by atoms with Gasteiger partial charge in [-0.1, -0.05) is 35.9 Å². The summed E-state index contributed by atoms with van der Waals surface area (Å²) in [5, 5.41) is 2.54. The monoisotopic (exact) mass is 493 g/mol. The van der Waals surface area contributed by atoms with E-state index in [1.165, 1.54) is 11.1 Å². The first-order valence-corrected chi connectivity index (χ1v) is 11.9. The molecule has 4 rings (SSSR count). The Kier molecular flexibility index (Phi) is 6.68. The van der Waals surface area contributed by atoms with Crippen LogP contribution >= 0.6 is 23.4 Å². The summed E-state index contributed by atoms with van der Waals surface area (Å²) >= 11 is 6.91. The van der Waals surface area contributed by atoms with E-state index in [2.05, 4.69) is 35.9 Å². The van der Waals surface area contributed by atoms with Gasteiger partial charge in [0.05, 0.1) is 15.6 Å². The Morgan fingerprint density at radius 1 is 1.06 bits per heavy atom. The molecule has 1 aromatic heterocycles. The van der Waals surface area contributed by atoms with Crippen LogP contribution in [0.4, 0.5) is 10.5 Å². The molecule has 6 nitrogen and oxygen atoms in total. The molecule has 34 heavy (non-hydrogen) atoms. The Morgan fingerprint density at radius 2 is 1.79 bits per heavy atom. The maximum Gasteiger partial charge on any atom is 0.294 e. The van der Waals surface area contributed by atoms with Gasteiger partial charge in [0.2, 0.25) is 5.91 Å². The van der Waals surface area contributed by atoms with Crippen LogP contribution in [-0.4, -0.2) is 33.1 Å². The molecule has 1 saturated heterocycles. The van der Waals surface area contributed by atoms with Gasteiger partial charge in [-0.25, -0.2) is 0 Å². The Bertz CT molecular complexity index is 1360. The van der Waals surface area contributed by atoms with Crippen LogP contribution in [-0.2, 0) is 9.59 Å². The SMILES string of the molecule is Cc1cccc(-n2c(C)cc(/C=C3/SC(=O)N(CC(=O)Nc4ccccc4Cl)C3=O)c2C)c1C. The van der Waals surface area contributed by atoms with Gasteiger partial charge in [0.25, 0.3) is 11.1 Å². The van der Waals surface area contributed by atoms with E-state index < -0.39 is 17.1 Å². The molecule has 0 spiro atoms.